The van der Waals surface area contributed by atoms with Crippen LogP contribution in [-0.4, -0.2) is 12.6 Å². The summed E-state index contributed by atoms with van der Waals surface area (Å²) in [4.78, 5) is 23.2. The largest absolute Gasteiger partial charge is 0.460 e. The molecule has 0 aliphatic rings. The molecule has 1 aromatic carbocycles. The summed E-state index contributed by atoms with van der Waals surface area (Å²) in [6.45, 7) is 1.81. The first-order chi connectivity index (χ1) is 8.52. The first kappa shape index (κ1) is 12.8. The fraction of sp³-hybridized carbons (Fsp3) is 0.167. The molecule has 2 aromatic rings. The smallest absolute Gasteiger partial charge is 0.374 e. The summed E-state index contributed by atoms with van der Waals surface area (Å²) in [5.74, 6) is -1.50. The Labute approximate surface area is 109 Å². The Hall–Kier alpha value is -1.69. The van der Waals surface area contributed by atoms with Crippen molar-refractivity contribution in [2.75, 3.05) is 6.61 Å². The molecule has 0 unspecified atom stereocenters. The predicted octanol–water partition coefficient (Wildman–Crippen LogP) is 2.87. The third-order valence-corrected chi connectivity index (χ3v) is 2.81. The molecule has 0 aliphatic heterocycles. The van der Waals surface area contributed by atoms with Crippen molar-refractivity contribution in [2.45, 2.75) is 6.92 Å². The average molecular weight is 315 g/mol. The molecule has 0 aliphatic carbocycles. The molecule has 6 heteroatoms. The Kier molecular flexibility index (Phi) is 3.47. The fourth-order valence-electron chi connectivity index (χ4n) is 1.49. The molecule has 18 heavy (non-hydrogen) atoms. The van der Waals surface area contributed by atoms with Crippen molar-refractivity contribution >= 4 is 32.9 Å². The minimum absolute atomic E-state index is 0.0647. The zero-order valence-electron chi connectivity index (χ0n) is 9.33. The third-order valence-electron chi connectivity index (χ3n) is 2.22. The molecule has 0 radical (unpaired) electrons. The van der Waals surface area contributed by atoms with Crippen molar-refractivity contribution in [3.63, 3.8) is 0 Å². The van der Waals surface area contributed by atoms with Gasteiger partial charge in [-0.1, -0.05) is 0 Å². The second kappa shape index (κ2) is 4.89. The van der Waals surface area contributed by atoms with Gasteiger partial charge in [0, 0.05) is 6.07 Å². The van der Waals surface area contributed by atoms with Gasteiger partial charge in [0.25, 0.3) is 0 Å². The van der Waals surface area contributed by atoms with Crippen LogP contribution in [0.5, 0.6) is 0 Å². The Morgan fingerprint density at radius 2 is 2.17 bits per heavy atom. The summed E-state index contributed by atoms with van der Waals surface area (Å²) < 4.78 is 23.4. The van der Waals surface area contributed by atoms with Gasteiger partial charge in [0.05, 0.1) is 16.5 Å². The minimum Gasteiger partial charge on any atom is -0.460 e. The van der Waals surface area contributed by atoms with Gasteiger partial charge in [0.15, 0.2) is 11.0 Å². The van der Waals surface area contributed by atoms with E-state index in [2.05, 4.69) is 15.9 Å². The van der Waals surface area contributed by atoms with Crippen LogP contribution in [0, 0.1) is 5.82 Å². The predicted molar refractivity (Wildman–Crippen MR) is 66.1 cm³/mol. The molecule has 0 spiro atoms. The van der Waals surface area contributed by atoms with Crippen LogP contribution >= 0.6 is 15.9 Å². The highest BCUT2D eigenvalue weighted by Crippen LogP contribution is 2.24. The van der Waals surface area contributed by atoms with Gasteiger partial charge < -0.3 is 9.15 Å². The van der Waals surface area contributed by atoms with Crippen molar-refractivity contribution in [2.24, 2.45) is 0 Å². The SMILES string of the molecule is CCOC(=O)c1cc(=O)c2cc(F)cc(Br)c2o1. The molecule has 4 nitrogen and oxygen atoms in total. The number of fused-ring (bicyclic) bond motifs is 1. The van der Waals surface area contributed by atoms with Gasteiger partial charge in [-0.25, -0.2) is 9.18 Å². The van der Waals surface area contributed by atoms with Gasteiger partial charge in [-0.3, -0.25) is 4.79 Å². The van der Waals surface area contributed by atoms with Gasteiger partial charge in [0.2, 0.25) is 5.76 Å². The summed E-state index contributed by atoms with van der Waals surface area (Å²) in [5, 5.41) is 0.0647. The standard InChI is InChI=1S/C12H8BrFO4/c1-2-17-12(16)10-5-9(15)7-3-6(14)4-8(13)11(7)18-10/h3-5H,2H2,1H3. The van der Waals surface area contributed by atoms with E-state index in [0.717, 1.165) is 18.2 Å². The van der Waals surface area contributed by atoms with E-state index in [0.29, 0.717) is 0 Å². The number of benzene rings is 1. The number of ether oxygens (including phenoxy) is 1. The van der Waals surface area contributed by atoms with E-state index in [1.807, 2.05) is 0 Å². The van der Waals surface area contributed by atoms with E-state index < -0.39 is 17.2 Å². The summed E-state index contributed by atoms with van der Waals surface area (Å²) in [7, 11) is 0. The highest BCUT2D eigenvalue weighted by atomic mass is 79.9. The molecule has 94 valence electrons. The second-order valence-electron chi connectivity index (χ2n) is 3.46. The quantitative estimate of drug-likeness (QED) is 0.800. The van der Waals surface area contributed by atoms with Crippen molar-refractivity contribution in [3.8, 4) is 0 Å². The molecule has 1 aromatic heterocycles. The van der Waals surface area contributed by atoms with Gasteiger partial charge in [-0.05, 0) is 35.0 Å². The van der Waals surface area contributed by atoms with Gasteiger partial charge in [-0.2, -0.15) is 0 Å². The first-order valence-electron chi connectivity index (χ1n) is 5.13. The molecule has 1 heterocycles. The zero-order valence-corrected chi connectivity index (χ0v) is 10.9. The number of hydrogen-bond donors (Lipinski definition) is 0. The lowest BCUT2D eigenvalue weighted by Gasteiger charge is -2.04. The Bertz CT molecular complexity index is 678. The van der Waals surface area contributed by atoms with Crippen LogP contribution in [0.4, 0.5) is 4.39 Å². The minimum atomic E-state index is -0.729. The zero-order chi connectivity index (χ0) is 13.3. The van der Waals surface area contributed by atoms with Gasteiger partial charge in [0.1, 0.15) is 5.82 Å². The maximum absolute atomic E-state index is 13.2. The topological polar surface area (TPSA) is 56.5 Å². The van der Waals surface area contributed by atoms with Crippen LogP contribution in [0.2, 0.25) is 0 Å². The maximum atomic E-state index is 13.2. The van der Waals surface area contributed by atoms with E-state index in [9.17, 15) is 14.0 Å². The van der Waals surface area contributed by atoms with Crippen LogP contribution in [-0.2, 0) is 4.74 Å². The van der Waals surface area contributed by atoms with Crippen LogP contribution in [0.3, 0.4) is 0 Å². The average Bonchev–Trinajstić information content (AvgIpc) is 2.30. The van der Waals surface area contributed by atoms with E-state index in [1.165, 1.54) is 0 Å². The number of carbonyl (C=O) groups is 1. The van der Waals surface area contributed by atoms with Gasteiger partial charge >= 0.3 is 5.97 Å². The summed E-state index contributed by atoms with van der Waals surface area (Å²) in [6, 6.07) is 3.20. The van der Waals surface area contributed by atoms with E-state index in [-0.39, 0.29) is 27.8 Å². The molecule has 0 saturated heterocycles. The van der Waals surface area contributed by atoms with E-state index in [1.54, 1.807) is 6.92 Å². The van der Waals surface area contributed by atoms with Crippen LogP contribution in [0.25, 0.3) is 11.0 Å². The van der Waals surface area contributed by atoms with Crippen molar-refractivity contribution < 1.29 is 18.3 Å². The normalized spacial score (nSPS) is 10.6. The highest BCUT2D eigenvalue weighted by molar-refractivity contribution is 9.10. The third kappa shape index (κ3) is 2.28. The Morgan fingerprint density at radius 3 is 2.83 bits per heavy atom. The van der Waals surface area contributed by atoms with E-state index >= 15 is 0 Å². The fourth-order valence-corrected chi connectivity index (χ4v) is 2.00. The Balaban J connectivity index is 2.69. The summed E-state index contributed by atoms with van der Waals surface area (Å²) in [6.07, 6.45) is 0. The van der Waals surface area contributed by atoms with Gasteiger partial charge in [-0.15, -0.1) is 0 Å². The first-order valence-corrected chi connectivity index (χ1v) is 5.92. The molecule has 2 rings (SSSR count). The Morgan fingerprint density at radius 1 is 1.44 bits per heavy atom. The molecule has 0 N–H and O–H groups in total. The highest BCUT2D eigenvalue weighted by Gasteiger charge is 2.15. The number of rotatable bonds is 2. The van der Waals surface area contributed by atoms with Crippen molar-refractivity contribution in [1.29, 1.82) is 0 Å². The molecule has 0 bridgehead atoms. The van der Waals surface area contributed by atoms with Crippen molar-refractivity contribution in [1.82, 2.24) is 0 Å². The van der Waals surface area contributed by atoms with Crippen LogP contribution in [0.15, 0.2) is 31.9 Å². The number of carbonyl (C=O) groups excluding carboxylic acids is 1. The monoisotopic (exact) mass is 314 g/mol. The number of esters is 1. The molecule has 0 atom stereocenters. The van der Waals surface area contributed by atoms with Crippen LogP contribution in [0.1, 0.15) is 17.5 Å². The second-order valence-corrected chi connectivity index (χ2v) is 4.31. The molecular weight excluding hydrogens is 307 g/mol. The summed E-state index contributed by atoms with van der Waals surface area (Å²) in [5.41, 5.74) is -0.383. The molecule has 0 amide bonds. The van der Waals surface area contributed by atoms with E-state index in [4.69, 9.17) is 9.15 Å². The lowest BCUT2D eigenvalue weighted by molar-refractivity contribution is 0.0490. The lowest BCUT2D eigenvalue weighted by Crippen LogP contribution is -2.10. The van der Waals surface area contributed by atoms with Crippen LogP contribution < -0.4 is 5.43 Å². The number of halogens is 2. The lowest BCUT2D eigenvalue weighted by atomic mass is 10.2. The summed E-state index contributed by atoms with van der Waals surface area (Å²) >= 11 is 3.08. The molecule has 0 fully saturated rings. The number of hydrogen-bond acceptors (Lipinski definition) is 4. The molecule has 0 saturated carbocycles. The molecular formula is C12H8BrFO4. The maximum Gasteiger partial charge on any atom is 0.374 e. The van der Waals surface area contributed by atoms with Crippen molar-refractivity contribution in [3.05, 3.63) is 44.5 Å².